The van der Waals surface area contributed by atoms with E-state index in [1.807, 2.05) is 24.3 Å². The van der Waals surface area contributed by atoms with Crippen LogP contribution in [-0.4, -0.2) is 40.8 Å². The molecule has 0 bridgehead atoms. The van der Waals surface area contributed by atoms with Gasteiger partial charge in [0, 0.05) is 5.38 Å². The van der Waals surface area contributed by atoms with Gasteiger partial charge in [-0.1, -0.05) is 24.3 Å². The van der Waals surface area contributed by atoms with Crippen molar-refractivity contribution in [1.82, 2.24) is 9.88 Å². The van der Waals surface area contributed by atoms with Crippen molar-refractivity contribution in [3.8, 4) is 16.3 Å². The smallest absolute Gasteiger partial charge is 0.329 e. The Morgan fingerprint density at radius 3 is 2.27 bits per heavy atom. The van der Waals surface area contributed by atoms with Gasteiger partial charge in [-0.15, -0.1) is 11.3 Å². The largest absolute Gasteiger partial charge is 0.496 e. The lowest BCUT2D eigenvalue weighted by molar-refractivity contribution is -0.149. The molecule has 0 radical (unpaired) electrons. The summed E-state index contributed by atoms with van der Waals surface area (Å²) in [6.07, 6.45) is 0. The maximum Gasteiger partial charge on any atom is 0.329 e. The number of nitrogens with zero attached hydrogens (tertiary/aromatic N) is 2. The van der Waals surface area contributed by atoms with Crippen LogP contribution in [0.25, 0.3) is 10.6 Å². The number of carbonyl (C=O) groups excluding carboxylic acids is 3. The standard InChI is InChI=1S/C22H18N2O5S/c1-13(24-20(25)15-7-3-4-8-16(15)21(24)26)22(27)29-11-14-12-30-19(23-14)17-9-5-6-10-18(17)28-2/h3-10,12-13H,11H2,1-2H3. The number of carbonyl (C=O) groups is 3. The third kappa shape index (κ3) is 3.46. The highest BCUT2D eigenvalue weighted by Gasteiger charge is 2.41. The second-order valence-corrected chi connectivity index (χ2v) is 7.51. The molecule has 4 rings (SSSR count). The normalized spacial score (nSPS) is 13.9. The quantitative estimate of drug-likeness (QED) is 0.446. The SMILES string of the molecule is COc1ccccc1-c1nc(COC(=O)C(C)N2C(=O)c3ccccc3C2=O)cs1. The first-order valence-electron chi connectivity index (χ1n) is 9.22. The zero-order valence-electron chi connectivity index (χ0n) is 16.3. The van der Waals surface area contributed by atoms with Crippen molar-refractivity contribution in [3.63, 3.8) is 0 Å². The summed E-state index contributed by atoms with van der Waals surface area (Å²) in [6.45, 7) is 1.42. The first kappa shape index (κ1) is 19.8. The summed E-state index contributed by atoms with van der Waals surface area (Å²) in [4.78, 5) is 43.0. The van der Waals surface area contributed by atoms with Crippen LogP contribution >= 0.6 is 11.3 Å². The van der Waals surface area contributed by atoms with Crippen molar-refractivity contribution in [2.45, 2.75) is 19.6 Å². The number of rotatable bonds is 6. The molecule has 0 N–H and O–H groups in total. The van der Waals surface area contributed by atoms with Gasteiger partial charge in [0.05, 0.1) is 29.5 Å². The Bertz CT molecular complexity index is 1100. The molecule has 30 heavy (non-hydrogen) atoms. The fourth-order valence-corrected chi connectivity index (χ4v) is 4.08. The minimum Gasteiger partial charge on any atom is -0.496 e. The van der Waals surface area contributed by atoms with E-state index < -0.39 is 23.8 Å². The molecular formula is C22H18N2O5S. The van der Waals surface area contributed by atoms with Crippen LogP contribution in [0.2, 0.25) is 0 Å². The van der Waals surface area contributed by atoms with Gasteiger partial charge in [-0.05, 0) is 31.2 Å². The van der Waals surface area contributed by atoms with Gasteiger partial charge < -0.3 is 9.47 Å². The molecule has 0 saturated carbocycles. The molecule has 0 fully saturated rings. The lowest BCUT2D eigenvalue weighted by Gasteiger charge is -2.20. The third-order valence-corrected chi connectivity index (χ3v) is 5.73. The van der Waals surface area contributed by atoms with Crippen molar-refractivity contribution >= 4 is 29.1 Å². The molecule has 1 atom stereocenters. The first-order chi connectivity index (χ1) is 14.5. The van der Waals surface area contributed by atoms with E-state index >= 15 is 0 Å². The molecule has 1 aromatic heterocycles. The molecule has 0 saturated heterocycles. The molecule has 0 aliphatic carbocycles. The van der Waals surface area contributed by atoms with E-state index in [0.717, 1.165) is 15.5 Å². The van der Waals surface area contributed by atoms with Crippen molar-refractivity contribution in [2.75, 3.05) is 7.11 Å². The summed E-state index contributed by atoms with van der Waals surface area (Å²) in [7, 11) is 1.59. The van der Waals surface area contributed by atoms with E-state index in [4.69, 9.17) is 9.47 Å². The number of hydrogen-bond acceptors (Lipinski definition) is 7. The summed E-state index contributed by atoms with van der Waals surface area (Å²) in [6, 6.07) is 13.0. The number of esters is 1. The number of hydrogen-bond donors (Lipinski definition) is 0. The Kier molecular flexibility index (Phi) is 5.33. The number of benzene rings is 2. The van der Waals surface area contributed by atoms with Gasteiger partial charge in [0.25, 0.3) is 11.8 Å². The number of ether oxygens (including phenoxy) is 2. The summed E-state index contributed by atoms with van der Waals surface area (Å²) < 4.78 is 10.7. The van der Waals surface area contributed by atoms with Crippen molar-refractivity contribution in [1.29, 1.82) is 0 Å². The Morgan fingerprint density at radius 2 is 1.63 bits per heavy atom. The second-order valence-electron chi connectivity index (χ2n) is 6.65. The van der Waals surface area contributed by atoms with Crippen LogP contribution in [0.4, 0.5) is 0 Å². The molecule has 7 nitrogen and oxygen atoms in total. The minimum atomic E-state index is -1.04. The summed E-state index contributed by atoms with van der Waals surface area (Å²) in [5.41, 5.74) is 2.01. The van der Waals surface area contributed by atoms with E-state index in [2.05, 4.69) is 4.98 Å². The number of aromatic nitrogens is 1. The molecule has 3 aromatic rings. The molecular weight excluding hydrogens is 404 g/mol. The molecule has 0 spiro atoms. The zero-order valence-corrected chi connectivity index (χ0v) is 17.1. The average molecular weight is 422 g/mol. The van der Waals surface area contributed by atoms with Crippen molar-refractivity contribution in [2.24, 2.45) is 0 Å². The van der Waals surface area contributed by atoms with Gasteiger partial charge in [0.15, 0.2) is 0 Å². The summed E-state index contributed by atoms with van der Waals surface area (Å²) in [5, 5.41) is 2.54. The van der Waals surface area contributed by atoms with Crippen LogP contribution in [0.5, 0.6) is 5.75 Å². The monoisotopic (exact) mass is 422 g/mol. The molecule has 2 aromatic carbocycles. The second kappa shape index (κ2) is 8.08. The Hall–Kier alpha value is -3.52. The molecule has 1 unspecified atom stereocenters. The van der Waals surface area contributed by atoms with E-state index in [1.54, 1.807) is 36.8 Å². The fourth-order valence-electron chi connectivity index (χ4n) is 3.25. The van der Waals surface area contributed by atoms with Crippen molar-refractivity contribution in [3.05, 3.63) is 70.7 Å². The average Bonchev–Trinajstić information content (AvgIpc) is 3.35. The number of thiazole rings is 1. The van der Waals surface area contributed by atoms with Gasteiger partial charge >= 0.3 is 5.97 Å². The Morgan fingerprint density at radius 1 is 1.03 bits per heavy atom. The third-order valence-electron chi connectivity index (χ3n) is 4.81. The van der Waals surface area contributed by atoms with Crippen LogP contribution in [0.3, 0.4) is 0 Å². The van der Waals surface area contributed by atoms with E-state index in [-0.39, 0.29) is 6.61 Å². The predicted octanol–water partition coefficient (Wildman–Crippen LogP) is 3.55. The highest BCUT2D eigenvalue weighted by atomic mass is 32.1. The lowest BCUT2D eigenvalue weighted by atomic mass is 10.1. The van der Waals surface area contributed by atoms with Gasteiger partial charge in [-0.2, -0.15) is 0 Å². The van der Waals surface area contributed by atoms with Crippen LogP contribution < -0.4 is 4.74 Å². The number of amides is 2. The predicted molar refractivity (Wildman–Crippen MR) is 110 cm³/mol. The topological polar surface area (TPSA) is 85.8 Å². The first-order valence-corrected chi connectivity index (χ1v) is 10.1. The summed E-state index contributed by atoms with van der Waals surface area (Å²) >= 11 is 1.41. The molecule has 2 amide bonds. The van der Waals surface area contributed by atoms with Crippen molar-refractivity contribution < 1.29 is 23.9 Å². The van der Waals surface area contributed by atoms with Crippen LogP contribution in [0.1, 0.15) is 33.3 Å². The fraction of sp³-hybridized carbons (Fsp3) is 0.182. The maximum atomic E-state index is 12.5. The van der Waals surface area contributed by atoms with Gasteiger partial charge in [-0.25, -0.2) is 9.78 Å². The highest BCUT2D eigenvalue weighted by molar-refractivity contribution is 7.13. The zero-order chi connectivity index (χ0) is 21.3. The van der Waals surface area contributed by atoms with Crippen LogP contribution in [-0.2, 0) is 16.1 Å². The minimum absolute atomic E-state index is 0.0575. The molecule has 8 heteroatoms. The molecule has 2 heterocycles. The Balaban J connectivity index is 1.43. The number of imide groups is 1. The van der Waals surface area contributed by atoms with E-state index in [9.17, 15) is 14.4 Å². The van der Waals surface area contributed by atoms with Gasteiger partial charge in [0.1, 0.15) is 23.4 Å². The van der Waals surface area contributed by atoms with Crippen LogP contribution in [0.15, 0.2) is 53.9 Å². The van der Waals surface area contributed by atoms with E-state index in [0.29, 0.717) is 22.6 Å². The summed E-state index contributed by atoms with van der Waals surface area (Å²) in [5.74, 6) is -0.953. The number of fused-ring (bicyclic) bond motifs is 1. The Labute approximate surface area is 176 Å². The van der Waals surface area contributed by atoms with Crippen LogP contribution in [0, 0.1) is 0 Å². The number of para-hydroxylation sites is 1. The highest BCUT2D eigenvalue weighted by Crippen LogP contribution is 2.32. The van der Waals surface area contributed by atoms with Gasteiger partial charge in [-0.3, -0.25) is 14.5 Å². The lowest BCUT2D eigenvalue weighted by Crippen LogP contribution is -2.43. The maximum absolute atomic E-state index is 12.5. The van der Waals surface area contributed by atoms with Gasteiger partial charge in [0.2, 0.25) is 0 Å². The molecule has 152 valence electrons. The van der Waals surface area contributed by atoms with E-state index in [1.165, 1.54) is 18.3 Å². The number of methoxy groups -OCH3 is 1. The molecule has 1 aliphatic rings. The molecule has 1 aliphatic heterocycles.